The van der Waals surface area contributed by atoms with Crippen LogP contribution in [0.2, 0.25) is 5.02 Å². The highest BCUT2D eigenvalue weighted by atomic mass is 35.5. The molecular weight excluding hydrogens is 305 g/mol. The summed E-state index contributed by atoms with van der Waals surface area (Å²) in [4.78, 5) is 14.2. The van der Waals surface area contributed by atoms with Crippen LogP contribution in [0.5, 0.6) is 5.75 Å². The van der Waals surface area contributed by atoms with Gasteiger partial charge in [0, 0.05) is 17.8 Å². The Balaban J connectivity index is 1.71. The molecule has 0 saturated carbocycles. The Morgan fingerprint density at radius 1 is 1.36 bits per heavy atom. The molecule has 2 aromatic rings. The predicted octanol–water partition coefficient (Wildman–Crippen LogP) is 3.84. The van der Waals surface area contributed by atoms with Crippen molar-refractivity contribution in [1.82, 2.24) is 0 Å². The first-order valence-electron chi connectivity index (χ1n) is 7.04. The van der Waals surface area contributed by atoms with Crippen LogP contribution in [0.4, 0.5) is 10.1 Å². The zero-order valence-corrected chi connectivity index (χ0v) is 12.8. The van der Waals surface area contributed by atoms with E-state index in [-0.39, 0.29) is 23.6 Å². The molecule has 0 fully saturated rings. The molecule has 0 aromatic heterocycles. The van der Waals surface area contributed by atoms with Gasteiger partial charge >= 0.3 is 0 Å². The third-order valence-corrected chi connectivity index (χ3v) is 4.02. The van der Waals surface area contributed by atoms with Crippen molar-refractivity contribution in [3.63, 3.8) is 0 Å². The standard InChI is InChI=1S/C17H15ClFNO2/c1-11-8-12-4-2-3-5-16(12)20(11)17(21)10-22-13-6-7-15(19)14(18)9-13/h2-7,9,11H,8,10H2,1H3/t11-/m0/s1. The lowest BCUT2D eigenvalue weighted by Gasteiger charge is -2.22. The summed E-state index contributed by atoms with van der Waals surface area (Å²) in [6.07, 6.45) is 0.838. The summed E-state index contributed by atoms with van der Waals surface area (Å²) in [6.45, 7) is 1.90. The first-order chi connectivity index (χ1) is 10.6. The van der Waals surface area contributed by atoms with Crippen molar-refractivity contribution >= 4 is 23.2 Å². The number of anilines is 1. The van der Waals surface area contributed by atoms with Gasteiger partial charge in [-0.15, -0.1) is 0 Å². The van der Waals surface area contributed by atoms with Gasteiger partial charge in [-0.3, -0.25) is 4.79 Å². The van der Waals surface area contributed by atoms with Gasteiger partial charge in [0.15, 0.2) is 6.61 Å². The van der Waals surface area contributed by atoms with Gasteiger partial charge in [-0.05, 0) is 37.1 Å². The normalized spacial score (nSPS) is 16.5. The molecule has 0 saturated heterocycles. The van der Waals surface area contributed by atoms with Crippen LogP contribution in [0.3, 0.4) is 0 Å². The van der Waals surface area contributed by atoms with E-state index in [2.05, 4.69) is 0 Å². The molecule has 3 rings (SSSR count). The van der Waals surface area contributed by atoms with E-state index < -0.39 is 5.82 Å². The highest BCUT2D eigenvalue weighted by Gasteiger charge is 2.30. The summed E-state index contributed by atoms with van der Waals surface area (Å²) in [5, 5.41) is -0.0233. The maximum Gasteiger partial charge on any atom is 0.265 e. The molecule has 1 amide bonds. The van der Waals surface area contributed by atoms with Crippen molar-refractivity contribution < 1.29 is 13.9 Å². The number of halogens is 2. The zero-order chi connectivity index (χ0) is 15.7. The lowest BCUT2D eigenvalue weighted by atomic mass is 10.1. The van der Waals surface area contributed by atoms with Crippen molar-refractivity contribution in [2.24, 2.45) is 0 Å². The lowest BCUT2D eigenvalue weighted by Crippen LogP contribution is -2.39. The second kappa shape index (κ2) is 5.97. The van der Waals surface area contributed by atoms with Gasteiger partial charge < -0.3 is 9.64 Å². The minimum absolute atomic E-state index is 0.0233. The number of carbonyl (C=O) groups is 1. The monoisotopic (exact) mass is 319 g/mol. The topological polar surface area (TPSA) is 29.5 Å². The van der Waals surface area contributed by atoms with E-state index in [1.807, 2.05) is 31.2 Å². The minimum Gasteiger partial charge on any atom is -0.484 e. The number of rotatable bonds is 3. The second-order valence-electron chi connectivity index (χ2n) is 5.31. The molecule has 1 heterocycles. The number of nitrogens with zero attached hydrogens (tertiary/aromatic N) is 1. The van der Waals surface area contributed by atoms with Crippen LogP contribution >= 0.6 is 11.6 Å². The second-order valence-corrected chi connectivity index (χ2v) is 5.72. The average molecular weight is 320 g/mol. The number of hydrogen-bond acceptors (Lipinski definition) is 2. The predicted molar refractivity (Wildman–Crippen MR) is 84.0 cm³/mol. The first kappa shape index (κ1) is 14.9. The van der Waals surface area contributed by atoms with Gasteiger partial charge in [0.25, 0.3) is 5.91 Å². The fourth-order valence-electron chi connectivity index (χ4n) is 2.73. The molecule has 0 bridgehead atoms. The molecule has 2 aromatic carbocycles. The van der Waals surface area contributed by atoms with Crippen molar-refractivity contribution in [1.29, 1.82) is 0 Å². The maximum atomic E-state index is 13.1. The number of benzene rings is 2. The molecule has 22 heavy (non-hydrogen) atoms. The number of amides is 1. The third kappa shape index (κ3) is 2.79. The first-order valence-corrected chi connectivity index (χ1v) is 7.42. The molecular formula is C17H15ClFNO2. The summed E-state index contributed by atoms with van der Waals surface area (Å²) in [6, 6.07) is 12.0. The van der Waals surface area contributed by atoms with E-state index in [1.54, 1.807) is 4.90 Å². The summed E-state index contributed by atoms with van der Waals surface area (Å²) in [5.41, 5.74) is 2.09. The van der Waals surface area contributed by atoms with Crippen molar-refractivity contribution in [3.05, 3.63) is 58.9 Å². The molecule has 0 radical (unpaired) electrons. The van der Waals surface area contributed by atoms with Crippen molar-refractivity contribution in [2.45, 2.75) is 19.4 Å². The van der Waals surface area contributed by atoms with Gasteiger partial charge in [-0.1, -0.05) is 29.8 Å². The summed E-state index contributed by atoms with van der Waals surface area (Å²) >= 11 is 5.70. The lowest BCUT2D eigenvalue weighted by molar-refractivity contribution is -0.120. The summed E-state index contributed by atoms with van der Waals surface area (Å²) < 4.78 is 18.5. The van der Waals surface area contributed by atoms with E-state index in [1.165, 1.54) is 18.2 Å². The van der Waals surface area contributed by atoms with Crippen LogP contribution in [-0.4, -0.2) is 18.6 Å². The van der Waals surface area contributed by atoms with E-state index >= 15 is 0 Å². The Morgan fingerprint density at radius 3 is 2.91 bits per heavy atom. The molecule has 0 aliphatic carbocycles. The molecule has 0 N–H and O–H groups in total. The van der Waals surface area contributed by atoms with E-state index in [0.717, 1.165) is 17.7 Å². The molecule has 1 aliphatic rings. The third-order valence-electron chi connectivity index (χ3n) is 3.73. The largest absolute Gasteiger partial charge is 0.484 e. The zero-order valence-electron chi connectivity index (χ0n) is 12.1. The number of ether oxygens (including phenoxy) is 1. The van der Waals surface area contributed by atoms with E-state index in [9.17, 15) is 9.18 Å². The molecule has 0 spiro atoms. The SMILES string of the molecule is C[C@H]1Cc2ccccc2N1C(=O)COc1ccc(F)c(Cl)c1. The van der Waals surface area contributed by atoms with Gasteiger partial charge in [0.1, 0.15) is 11.6 Å². The van der Waals surface area contributed by atoms with Crippen molar-refractivity contribution in [3.8, 4) is 5.75 Å². The minimum atomic E-state index is -0.512. The van der Waals surface area contributed by atoms with Gasteiger partial charge in [0.2, 0.25) is 0 Å². The van der Waals surface area contributed by atoms with Gasteiger partial charge in [-0.25, -0.2) is 4.39 Å². The van der Waals surface area contributed by atoms with Gasteiger partial charge in [-0.2, -0.15) is 0 Å². The number of hydrogen-bond donors (Lipinski definition) is 0. The maximum absolute atomic E-state index is 13.1. The fraction of sp³-hybridized carbons (Fsp3) is 0.235. The summed E-state index contributed by atoms with van der Waals surface area (Å²) in [7, 11) is 0. The number of para-hydroxylation sites is 1. The quantitative estimate of drug-likeness (QED) is 0.860. The van der Waals surface area contributed by atoms with E-state index in [4.69, 9.17) is 16.3 Å². The molecule has 114 valence electrons. The van der Waals surface area contributed by atoms with Gasteiger partial charge in [0.05, 0.1) is 5.02 Å². The Bertz CT molecular complexity index is 720. The molecule has 1 aliphatic heterocycles. The molecule has 0 unspecified atom stereocenters. The highest BCUT2D eigenvalue weighted by molar-refractivity contribution is 6.30. The summed E-state index contributed by atoms with van der Waals surface area (Å²) in [5.74, 6) is -0.264. The Labute approximate surface area is 133 Å². The van der Waals surface area contributed by atoms with Crippen LogP contribution in [0, 0.1) is 5.82 Å². The van der Waals surface area contributed by atoms with Crippen LogP contribution in [-0.2, 0) is 11.2 Å². The molecule has 3 nitrogen and oxygen atoms in total. The molecule has 5 heteroatoms. The Hall–Kier alpha value is -2.07. The Morgan fingerprint density at radius 2 is 2.14 bits per heavy atom. The van der Waals surface area contributed by atoms with Crippen LogP contribution < -0.4 is 9.64 Å². The Kier molecular flexibility index (Phi) is 4.03. The number of fused-ring (bicyclic) bond motifs is 1. The number of carbonyl (C=O) groups excluding carboxylic acids is 1. The highest BCUT2D eigenvalue weighted by Crippen LogP contribution is 2.32. The molecule has 1 atom stereocenters. The van der Waals surface area contributed by atoms with E-state index in [0.29, 0.717) is 5.75 Å². The van der Waals surface area contributed by atoms with Crippen LogP contribution in [0.1, 0.15) is 12.5 Å². The fourth-order valence-corrected chi connectivity index (χ4v) is 2.90. The van der Waals surface area contributed by atoms with Crippen LogP contribution in [0.25, 0.3) is 0 Å². The van der Waals surface area contributed by atoms with Crippen molar-refractivity contribution in [2.75, 3.05) is 11.5 Å². The average Bonchev–Trinajstić information content (AvgIpc) is 2.84. The smallest absolute Gasteiger partial charge is 0.265 e. The van der Waals surface area contributed by atoms with Crippen LogP contribution in [0.15, 0.2) is 42.5 Å².